The Kier molecular flexibility index (Phi) is 38.5. The molecule has 0 aliphatic carbocycles. The van der Waals surface area contributed by atoms with Crippen LogP contribution >= 0.6 is 0 Å². The molecule has 0 rings (SSSR count). The standard InChI is InChI=1S/C9H21NO3.C3H8.C2H6.H2/c1-11-6-7-13-9-8-12-5-3-2-4-10;1-3-2;1-2;/h2-10H2,1H3;3H2,1-2H3;1-2H3;1H. The molecule has 0 aromatic carbocycles. The molecule has 0 atom stereocenters. The van der Waals surface area contributed by atoms with Crippen LogP contribution in [0.4, 0.5) is 0 Å². The molecule has 0 heterocycles. The van der Waals surface area contributed by atoms with Gasteiger partial charge in [-0.05, 0) is 19.4 Å². The van der Waals surface area contributed by atoms with Gasteiger partial charge in [-0.15, -0.1) is 0 Å². The van der Waals surface area contributed by atoms with Crippen molar-refractivity contribution in [2.75, 3.05) is 46.7 Å². The van der Waals surface area contributed by atoms with Gasteiger partial charge in [-0.25, -0.2) is 0 Å². The quantitative estimate of drug-likeness (QED) is 0.618. The zero-order valence-electron chi connectivity index (χ0n) is 13.2. The molecule has 0 aromatic heterocycles. The number of methoxy groups -OCH3 is 1. The summed E-state index contributed by atoms with van der Waals surface area (Å²) in [6, 6.07) is 0. The van der Waals surface area contributed by atoms with Crippen LogP contribution in [0.5, 0.6) is 0 Å². The highest BCUT2D eigenvalue weighted by atomic mass is 16.5. The van der Waals surface area contributed by atoms with Crippen molar-refractivity contribution in [2.45, 2.75) is 47.0 Å². The van der Waals surface area contributed by atoms with Crippen molar-refractivity contribution in [2.24, 2.45) is 5.73 Å². The zero-order chi connectivity index (χ0) is 14.5. The van der Waals surface area contributed by atoms with E-state index in [9.17, 15) is 0 Å². The first-order chi connectivity index (χ1) is 8.83. The first-order valence-corrected chi connectivity index (χ1v) is 7.17. The molecule has 0 aromatic rings. The summed E-state index contributed by atoms with van der Waals surface area (Å²) >= 11 is 0. The number of nitrogens with two attached hydrogens (primary N) is 1. The van der Waals surface area contributed by atoms with Gasteiger partial charge in [0.15, 0.2) is 0 Å². The van der Waals surface area contributed by atoms with E-state index in [-0.39, 0.29) is 1.43 Å². The SMILES string of the molecule is CC.CCC.COCCOCCOCCCCN.[HH]. The van der Waals surface area contributed by atoms with Crippen LogP contribution in [0.2, 0.25) is 0 Å². The molecular weight excluding hydrogens is 230 g/mol. The molecule has 0 bridgehead atoms. The third kappa shape index (κ3) is 36.0. The van der Waals surface area contributed by atoms with Crippen LogP contribution < -0.4 is 5.73 Å². The van der Waals surface area contributed by atoms with Gasteiger partial charge in [0.25, 0.3) is 0 Å². The van der Waals surface area contributed by atoms with Crippen molar-refractivity contribution in [3.05, 3.63) is 0 Å². The number of hydrogen-bond donors (Lipinski definition) is 1. The second kappa shape index (κ2) is 30.1. The molecule has 0 spiro atoms. The van der Waals surface area contributed by atoms with Crippen LogP contribution in [0.3, 0.4) is 0 Å². The molecule has 116 valence electrons. The van der Waals surface area contributed by atoms with Gasteiger partial charge in [0.2, 0.25) is 0 Å². The van der Waals surface area contributed by atoms with Gasteiger partial charge in [0, 0.05) is 15.1 Å². The fourth-order valence-corrected chi connectivity index (χ4v) is 0.813. The Morgan fingerprint density at radius 3 is 1.72 bits per heavy atom. The van der Waals surface area contributed by atoms with Gasteiger partial charge in [-0.2, -0.15) is 0 Å². The fourth-order valence-electron chi connectivity index (χ4n) is 0.813. The van der Waals surface area contributed by atoms with E-state index in [2.05, 4.69) is 13.8 Å². The summed E-state index contributed by atoms with van der Waals surface area (Å²) in [4.78, 5) is 0. The lowest BCUT2D eigenvalue weighted by molar-refractivity contribution is 0.0241. The van der Waals surface area contributed by atoms with Gasteiger partial charge in [0.05, 0.1) is 26.4 Å². The Morgan fingerprint density at radius 1 is 0.833 bits per heavy atom. The molecule has 0 aliphatic rings. The van der Waals surface area contributed by atoms with E-state index >= 15 is 0 Å². The minimum absolute atomic E-state index is 0. The van der Waals surface area contributed by atoms with E-state index < -0.39 is 0 Å². The normalized spacial score (nSPS) is 9.00. The highest BCUT2D eigenvalue weighted by molar-refractivity contribution is 4.39. The van der Waals surface area contributed by atoms with Crippen molar-refractivity contribution < 1.29 is 15.6 Å². The second-order valence-electron chi connectivity index (χ2n) is 3.42. The van der Waals surface area contributed by atoms with E-state index in [4.69, 9.17) is 19.9 Å². The summed E-state index contributed by atoms with van der Waals surface area (Å²) < 4.78 is 15.3. The van der Waals surface area contributed by atoms with Crippen LogP contribution in [0.25, 0.3) is 0 Å². The number of hydrogen-bond acceptors (Lipinski definition) is 4. The minimum atomic E-state index is 0. The highest BCUT2D eigenvalue weighted by Crippen LogP contribution is 1.87. The van der Waals surface area contributed by atoms with Crippen molar-refractivity contribution in [3.63, 3.8) is 0 Å². The lowest BCUT2D eigenvalue weighted by Crippen LogP contribution is -2.09. The summed E-state index contributed by atoms with van der Waals surface area (Å²) in [6.45, 7) is 12.4. The van der Waals surface area contributed by atoms with Crippen LogP contribution in [-0.2, 0) is 14.2 Å². The maximum atomic E-state index is 5.33. The molecule has 0 fully saturated rings. The Balaban J connectivity index is -0.000000164. The Morgan fingerprint density at radius 2 is 1.28 bits per heavy atom. The first-order valence-electron chi connectivity index (χ1n) is 7.17. The second-order valence-corrected chi connectivity index (χ2v) is 3.42. The van der Waals surface area contributed by atoms with E-state index in [1.165, 1.54) is 6.42 Å². The Bertz CT molecular complexity index is 98.7. The summed E-state index contributed by atoms with van der Waals surface area (Å²) in [7, 11) is 1.66. The minimum Gasteiger partial charge on any atom is -0.382 e. The fraction of sp³-hybridized carbons (Fsp3) is 1.00. The number of unbranched alkanes of at least 4 members (excludes halogenated alkanes) is 1. The third-order valence-corrected chi connectivity index (χ3v) is 1.55. The predicted octanol–water partition coefficient (Wildman–Crippen LogP) is 3.09. The summed E-state index contributed by atoms with van der Waals surface area (Å²) in [5.74, 6) is 0. The molecule has 4 nitrogen and oxygen atoms in total. The molecule has 0 amide bonds. The third-order valence-electron chi connectivity index (χ3n) is 1.55. The van der Waals surface area contributed by atoms with Gasteiger partial charge in [-0.3, -0.25) is 0 Å². The molecular formula is C14H37NO3. The van der Waals surface area contributed by atoms with E-state index in [0.29, 0.717) is 26.4 Å². The molecule has 2 N–H and O–H groups in total. The largest absolute Gasteiger partial charge is 0.382 e. The average molecular weight is 267 g/mol. The van der Waals surface area contributed by atoms with Crippen LogP contribution in [0.15, 0.2) is 0 Å². The Labute approximate surface area is 116 Å². The van der Waals surface area contributed by atoms with Crippen LogP contribution in [-0.4, -0.2) is 46.7 Å². The Hall–Kier alpha value is -0.160. The predicted molar refractivity (Wildman–Crippen MR) is 81.2 cm³/mol. The van der Waals surface area contributed by atoms with Gasteiger partial charge in [-0.1, -0.05) is 34.1 Å². The molecule has 0 saturated heterocycles. The van der Waals surface area contributed by atoms with Crippen LogP contribution in [0, 0.1) is 0 Å². The maximum Gasteiger partial charge on any atom is 0.0701 e. The topological polar surface area (TPSA) is 53.7 Å². The summed E-state index contributed by atoms with van der Waals surface area (Å²) in [5, 5.41) is 0. The summed E-state index contributed by atoms with van der Waals surface area (Å²) in [6.07, 6.45) is 3.32. The van der Waals surface area contributed by atoms with E-state index in [1.807, 2.05) is 13.8 Å². The lowest BCUT2D eigenvalue weighted by atomic mass is 10.3. The monoisotopic (exact) mass is 267 g/mol. The number of ether oxygens (including phenoxy) is 3. The van der Waals surface area contributed by atoms with E-state index in [1.54, 1.807) is 7.11 Å². The average Bonchev–Trinajstić information content (AvgIpc) is 2.40. The van der Waals surface area contributed by atoms with Gasteiger partial charge >= 0.3 is 0 Å². The van der Waals surface area contributed by atoms with Crippen molar-refractivity contribution in [1.82, 2.24) is 0 Å². The molecule has 4 heteroatoms. The zero-order valence-corrected chi connectivity index (χ0v) is 13.2. The van der Waals surface area contributed by atoms with Crippen LogP contribution in [0.1, 0.15) is 48.4 Å². The molecule has 18 heavy (non-hydrogen) atoms. The van der Waals surface area contributed by atoms with Crippen molar-refractivity contribution in [3.8, 4) is 0 Å². The molecule has 0 radical (unpaired) electrons. The smallest absolute Gasteiger partial charge is 0.0701 e. The van der Waals surface area contributed by atoms with E-state index in [0.717, 1.165) is 26.0 Å². The maximum absolute atomic E-state index is 5.33. The lowest BCUT2D eigenvalue weighted by Gasteiger charge is -2.04. The van der Waals surface area contributed by atoms with Crippen molar-refractivity contribution in [1.29, 1.82) is 0 Å². The molecule has 0 unspecified atom stereocenters. The number of rotatable bonds is 10. The van der Waals surface area contributed by atoms with Crippen molar-refractivity contribution >= 4 is 0 Å². The summed E-state index contributed by atoms with van der Waals surface area (Å²) in [5.41, 5.74) is 5.33. The molecule has 0 aliphatic heterocycles. The molecule has 0 saturated carbocycles. The first kappa shape index (κ1) is 23.0. The van der Waals surface area contributed by atoms with Gasteiger partial charge in [0.1, 0.15) is 0 Å². The highest BCUT2D eigenvalue weighted by Gasteiger charge is 1.89. The van der Waals surface area contributed by atoms with Gasteiger partial charge < -0.3 is 19.9 Å².